The largest absolute Gasteiger partial charge is 0.494 e. The molecule has 0 bridgehead atoms. The summed E-state index contributed by atoms with van der Waals surface area (Å²) in [6, 6.07) is 9.17. The lowest BCUT2D eigenvalue weighted by Crippen LogP contribution is -2.41. The molecule has 3 amide bonds. The third-order valence-electron chi connectivity index (χ3n) is 4.34. The van der Waals surface area contributed by atoms with E-state index in [4.69, 9.17) is 4.74 Å². The van der Waals surface area contributed by atoms with Crippen LogP contribution in [0.1, 0.15) is 25.0 Å². The molecule has 1 saturated heterocycles. The van der Waals surface area contributed by atoms with E-state index in [1.165, 1.54) is 6.92 Å². The molecule has 26 heavy (non-hydrogen) atoms. The van der Waals surface area contributed by atoms with Gasteiger partial charge >= 0.3 is 6.03 Å². The van der Waals surface area contributed by atoms with Crippen LogP contribution in [0.3, 0.4) is 0 Å². The summed E-state index contributed by atoms with van der Waals surface area (Å²) in [5.74, 6) is -1.55. The zero-order valence-electron chi connectivity index (χ0n) is 14.4. The van der Waals surface area contributed by atoms with Crippen LogP contribution in [0.5, 0.6) is 5.75 Å². The lowest BCUT2D eigenvalue weighted by molar-refractivity contribution is -0.131. The highest BCUT2D eigenvalue weighted by Crippen LogP contribution is 2.33. The number of benzene rings is 2. The number of carbonyl (C=O) groups excluding carboxylic acids is 2. The van der Waals surface area contributed by atoms with Gasteiger partial charge in [0.15, 0.2) is 0 Å². The van der Waals surface area contributed by atoms with Crippen LogP contribution in [0, 0.1) is 11.6 Å². The number of amides is 3. The van der Waals surface area contributed by atoms with Gasteiger partial charge in [0, 0.05) is 11.1 Å². The third-order valence-corrected chi connectivity index (χ3v) is 4.34. The van der Waals surface area contributed by atoms with Crippen LogP contribution in [-0.4, -0.2) is 23.4 Å². The monoisotopic (exact) mass is 360 g/mol. The first-order chi connectivity index (χ1) is 12.4. The summed E-state index contributed by atoms with van der Waals surface area (Å²) in [5.41, 5.74) is -1.25. The number of nitrogens with one attached hydrogen (secondary N) is 1. The van der Waals surface area contributed by atoms with E-state index in [2.05, 4.69) is 5.32 Å². The summed E-state index contributed by atoms with van der Waals surface area (Å²) >= 11 is 0. The zero-order valence-corrected chi connectivity index (χ0v) is 14.4. The number of urea groups is 1. The first-order valence-electron chi connectivity index (χ1n) is 8.17. The molecule has 1 atom stereocenters. The average Bonchev–Trinajstić information content (AvgIpc) is 2.83. The van der Waals surface area contributed by atoms with Crippen molar-refractivity contribution in [3.05, 3.63) is 65.2 Å². The first kappa shape index (κ1) is 17.8. The van der Waals surface area contributed by atoms with Gasteiger partial charge in [-0.25, -0.2) is 13.6 Å². The molecule has 3 rings (SSSR count). The van der Waals surface area contributed by atoms with Crippen LogP contribution in [0.4, 0.5) is 13.6 Å². The number of halogens is 2. The van der Waals surface area contributed by atoms with Gasteiger partial charge in [-0.3, -0.25) is 9.69 Å². The predicted octanol–water partition coefficient (Wildman–Crippen LogP) is 3.33. The van der Waals surface area contributed by atoms with Gasteiger partial charge in [-0.2, -0.15) is 0 Å². The van der Waals surface area contributed by atoms with E-state index >= 15 is 0 Å². The normalized spacial score (nSPS) is 19.6. The van der Waals surface area contributed by atoms with E-state index in [-0.39, 0.29) is 12.1 Å². The minimum absolute atomic E-state index is 0.0344. The van der Waals surface area contributed by atoms with Gasteiger partial charge in [-0.05, 0) is 38.1 Å². The fourth-order valence-electron chi connectivity index (χ4n) is 3.00. The number of carbonyl (C=O) groups is 2. The van der Waals surface area contributed by atoms with E-state index in [1.54, 1.807) is 24.3 Å². The van der Waals surface area contributed by atoms with Crippen LogP contribution < -0.4 is 10.1 Å². The van der Waals surface area contributed by atoms with E-state index in [0.717, 1.165) is 23.1 Å². The molecule has 2 aromatic carbocycles. The van der Waals surface area contributed by atoms with Crippen molar-refractivity contribution >= 4 is 11.9 Å². The van der Waals surface area contributed by atoms with Crippen molar-refractivity contribution < 1.29 is 23.1 Å². The lowest BCUT2D eigenvalue weighted by Gasteiger charge is -2.23. The van der Waals surface area contributed by atoms with Crippen LogP contribution in [0.25, 0.3) is 0 Å². The molecule has 1 fully saturated rings. The van der Waals surface area contributed by atoms with Crippen LogP contribution in [-0.2, 0) is 16.9 Å². The molecule has 7 heteroatoms. The molecule has 0 radical (unpaired) electrons. The predicted molar refractivity (Wildman–Crippen MR) is 90.4 cm³/mol. The number of imide groups is 1. The summed E-state index contributed by atoms with van der Waals surface area (Å²) in [6.45, 7) is 3.59. The Bertz CT molecular complexity index is 872. The number of nitrogens with zero attached hydrogens (tertiary/aromatic N) is 1. The summed E-state index contributed by atoms with van der Waals surface area (Å²) in [6.07, 6.45) is 0. The molecular weight excluding hydrogens is 342 g/mol. The second-order valence-electron chi connectivity index (χ2n) is 6.11. The van der Waals surface area contributed by atoms with Gasteiger partial charge in [0.1, 0.15) is 22.9 Å². The summed E-state index contributed by atoms with van der Waals surface area (Å²) < 4.78 is 33.2. The highest BCUT2D eigenvalue weighted by Gasteiger charge is 2.50. The highest BCUT2D eigenvalue weighted by atomic mass is 19.1. The Morgan fingerprint density at radius 1 is 1.15 bits per heavy atom. The van der Waals surface area contributed by atoms with Crippen molar-refractivity contribution in [3.63, 3.8) is 0 Å². The van der Waals surface area contributed by atoms with E-state index < -0.39 is 29.1 Å². The quantitative estimate of drug-likeness (QED) is 0.832. The fourth-order valence-corrected chi connectivity index (χ4v) is 3.00. The van der Waals surface area contributed by atoms with Crippen molar-refractivity contribution in [3.8, 4) is 5.75 Å². The van der Waals surface area contributed by atoms with Gasteiger partial charge < -0.3 is 10.1 Å². The molecule has 0 aliphatic carbocycles. The summed E-state index contributed by atoms with van der Waals surface area (Å²) in [5, 5.41) is 2.48. The Kier molecular flexibility index (Phi) is 4.63. The minimum Gasteiger partial charge on any atom is -0.494 e. The number of rotatable bonds is 5. The lowest BCUT2D eigenvalue weighted by atomic mass is 9.91. The SMILES string of the molecule is CCOc1ccccc1CN1C(=O)NC(C)(c2cc(F)ccc2F)C1=O. The molecule has 0 saturated carbocycles. The Hall–Kier alpha value is -2.96. The number of hydrogen-bond acceptors (Lipinski definition) is 3. The Morgan fingerprint density at radius 3 is 2.62 bits per heavy atom. The van der Waals surface area contributed by atoms with Gasteiger partial charge in [0.05, 0.1) is 13.2 Å². The van der Waals surface area contributed by atoms with E-state index in [0.29, 0.717) is 17.9 Å². The maximum Gasteiger partial charge on any atom is 0.325 e. The number of para-hydroxylation sites is 1. The standard InChI is InChI=1S/C19H18F2N2O3/c1-3-26-16-7-5-4-6-12(16)11-23-17(24)19(2,22-18(23)25)14-10-13(20)8-9-15(14)21/h4-10H,3,11H2,1-2H3,(H,22,25). The minimum atomic E-state index is -1.68. The molecule has 1 aliphatic heterocycles. The number of hydrogen-bond donors (Lipinski definition) is 1. The fraction of sp³-hybridized carbons (Fsp3) is 0.263. The molecule has 1 N–H and O–H groups in total. The Morgan fingerprint density at radius 2 is 1.88 bits per heavy atom. The summed E-state index contributed by atoms with van der Waals surface area (Å²) in [7, 11) is 0. The average molecular weight is 360 g/mol. The molecular formula is C19H18F2N2O3. The summed E-state index contributed by atoms with van der Waals surface area (Å²) in [4.78, 5) is 26.2. The molecule has 1 unspecified atom stereocenters. The molecule has 2 aromatic rings. The molecule has 136 valence electrons. The Labute approximate surface area is 149 Å². The Balaban J connectivity index is 1.94. The van der Waals surface area contributed by atoms with Crippen molar-refractivity contribution in [2.45, 2.75) is 25.9 Å². The molecule has 0 spiro atoms. The van der Waals surface area contributed by atoms with Crippen molar-refractivity contribution in [1.29, 1.82) is 0 Å². The topological polar surface area (TPSA) is 58.6 Å². The van der Waals surface area contributed by atoms with Crippen molar-refractivity contribution in [1.82, 2.24) is 10.2 Å². The van der Waals surface area contributed by atoms with Crippen molar-refractivity contribution in [2.24, 2.45) is 0 Å². The first-order valence-corrected chi connectivity index (χ1v) is 8.17. The van der Waals surface area contributed by atoms with Gasteiger partial charge in [0.25, 0.3) is 5.91 Å². The van der Waals surface area contributed by atoms with E-state index in [1.807, 2.05) is 6.92 Å². The van der Waals surface area contributed by atoms with Crippen LogP contribution in [0.15, 0.2) is 42.5 Å². The number of ether oxygens (including phenoxy) is 1. The second kappa shape index (κ2) is 6.74. The maximum absolute atomic E-state index is 14.2. The molecule has 5 nitrogen and oxygen atoms in total. The zero-order chi connectivity index (χ0) is 18.9. The smallest absolute Gasteiger partial charge is 0.325 e. The molecule has 1 heterocycles. The van der Waals surface area contributed by atoms with Crippen molar-refractivity contribution in [2.75, 3.05) is 6.61 Å². The third kappa shape index (κ3) is 3.00. The van der Waals surface area contributed by atoms with Gasteiger partial charge in [-0.1, -0.05) is 18.2 Å². The molecule has 1 aliphatic rings. The van der Waals surface area contributed by atoms with Gasteiger partial charge in [0.2, 0.25) is 0 Å². The van der Waals surface area contributed by atoms with Crippen LogP contribution >= 0.6 is 0 Å². The molecule has 0 aromatic heterocycles. The second-order valence-corrected chi connectivity index (χ2v) is 6.11. The highest BCUT2D eigenvalue weighted by molar-refractivity contribution is 6.07. The maximum atomic E-state index is 14.2. The van der Waals surface area contributed by atoms with Crippen LogP contribution in [0.2, 0.25) is 0 Å². The van der Waals surface area contributed by atoms with Gasteiger partial charge in [-0.15, -0.1) is 0 Å². The van der Waals surface area contributed by atoms with E-state index in [9.17, 15) is 18.4 Å².